The Hall–Kier alpha value is -2.51. The molecule has 0 radical (unpaired) electrons. The molecule has 1 N–H and O–H groups in total. The van der Waals surface area contributed by atoms with Gasteiger partial charge in [0.2, 0.25) is 0 Å². The van der Waals surface area contributed by atoms with Gasteiger partial charge in [-0.2, -0.15) is 23.1 Å². The monoisotopic (exact) mass is 477 g/mol. The Morgan fingerprint density at radius 1 is 0.800 bits per heavy atom. The maximum atomic E-state index is 12.9. The molecule has 0 bridgehead atoms. The molecule has 1 heterocycles. The van der Waals surface area contributed by atoms with E-state index in [2.05, 4.69) is 9.93 Å². The van der Waals surface area contributed by atoms with Crippen LogP contribution >= 0.6 is 34.8 Å². The largest absolute Gasteiger partial charge is 0.276 e. The van der Waals surface area contributed by atoms with Crippen molar-refractivity contribution in [3.63, 3.8) is 0 Å². The van der Waals surface area contributed by atoms with Crippen LogP contribution in [0, 0.1) is 0 Å². The van der Waals surface area contributed by atoms with E-state index in [0.717, 1.165) is 5.56 Å². The van der Waals surface area contributed by atoms with Gasteiger partial charge in [-0.3, -0.25) is 0 Å². The van der Waals surface area contributed by atoms with Crippen molar-refractivity contribution in [3.05, 3.63) is 93.9 Å². The number of aromatic nitrogens is 2. The van der Waals surface area contributed by atoms with Gasteiger partial charge in [0, 0.05) is 16.1 Å². The molecule has 4 aromatic rings. The van der Waals surface area contributed by atoms with Gasteiger partial charge in [-0.1, -0.05) is 71.2 Å². The smallest absolute Gasteiger partial charge is 0.200 e. The lowest BCUT2D eigenvalue weighted by Crippen LogP contribution is -2.25. The summed E-state index contributed by atoms with van der Waals surface area (Å²) < 4.78 is 25.8. The summed E-state index contributed by atoms with van der Waals surface area (Å²) in [4.78, 5) is 3.76. The van der Waals surface area contributed by atoms with Gasteiger partial charge in [-0.05, 0) is 42.5 Å². The Morgan fingerprint density at radius 3 is 2.07 bits per heavy atom. The van der Waals surface area contributed by atoms with Crippen LogP contribution < -0.4 is 4.83 Å². The van der Waals surface area contributed by atoms with E-state index in [-0.39, 0.29) is 4.90 Å². The fourth-order valence-electron chi connectivity index (χ4n) is 2.90. The van der Waals surface area contributed by atoms with E-state index < -0.39 is 10.0 Å². The average molecular weight is 479 g/mol. The zero-order valence-corrected chi connectivity index (χ0v) is 18.3. The lowest BCUT2D eigenvalue weighted by Gasteiger charge is -2.12. The molecule has 5 nitrogen and oxygen atoms in total. The lowest BCUT2D eigenvalue weighted by molar-refractivity contribution is 0.592. The van der Waals surface area contributed by atoms with Gasteiger partial charge in [0.1, 0.15) is 0 Å². The average Bonchev–Trinajstić information content (AvgIpc) is 3.12. The standard InChI is InChI=1S/C21H14Cl3N3O2S/c22-15-11-9-14(10-12-15)19-13-20(21-17(23)7-4-8-18(21)24)27(25-19)26-30(28,29)16-5-2-1-3-6-16/h1-13,26H. The first-order valence-corrected chi connectivity index (χ1v) is 11.3. The molecule has 152 valence electrons. The first-order chi connectivity index (χ1) is 14.3. The summed E-state index contributed by atoms with van der Waals surface area (Å²) in [6.07, 6.45) is 0. The van der Waals surface area contributed by atoms with E-state index in [1.165, 1.54) is 16.9 Å². The molecule has 30 heavy (non-hydrogen) atoms. The summed E-state index contributed by atoms with van der Waals surface area (Å²) in [5.74, 6) is 0. The van der Waals surface area contributed by atoms with Gasteiger partial charge < -0.3 is 0 Å². The van der Waals surface area contributed by atoms with E-state index in [1.807, 2.05) is 0 Å². The van der Waals surface area contributed by atoms with E-state index in [9.17, 15) is 8.42 Å². The highest BCUT2D eigenvalue weighted by Gasteiger charge is 2.21. The van der Waals surface area contributed by atoms with Gasteiger partial charge in [0.25, 0.3) is 10.0 Å². The van der Waals surface area contributed by atoms with Crippen LogP contribution in [0.15, 0.2) is 83.8 Å². The highest BCUT2D eigenvalue weighted by Crippen LogP contribution is 2.36. The van der Waals surface area contributed by atoms with E-state index >= 15 is 0 Å². The summed E-state index contributed by atoms with van der Waals surface area (Å²) in [5.41, 5.74) is 2.13. The maximum Gasteiger partial charge on any atom is 0.276 e. The SMILES string of the molecule is O=S(=O)(Nn1nc(-c2ccc(Cl)cc2)cc1-c1c(Cl)cccc1Cl)c1ccccc1. The number of nitrogens with one attached hydrogen (secondary N) is 1. The Balaban J connectivity index is 1.87. The third-order valence-corrected chi connectivity index (χ3v) is 6.52. The molecule has 1 aromatic heterocycles. The van der Waals surface area contributed by atoms with Gasteiger partial charge in [-0.25, -0.2) is 0 Å². The fourth-order valence-corrected chi connectivity index (χ4v) is 4.60. The molecule has 0 aliphatic heterocycles. The number of nitrogens with zero attached hydrogens (tertiary/aromatic N) is 2. The van der Waals surface area contributed by atoms with Crippen LogP contribution in [0.5, 0.6) is 0 Å². The maximum absolute atomic E-state index is 12.9. The Bertz CT molecular complexity index is 1290. The van der Waals surface area contributed by atoms with Gasteiger partial charge >= 0.3 is 0 Å². The summed E-state index contributed by atoms with van der Waals surface area (Å²) in [5, 5.41) is 5.76. The third-order valence-electron chi connectivity index (χ3n) is 4.33. The second-order valence-corrected chi connectivity index (χ2v) is 9.25. The second kappa shape index (κ2) is 8.32. The minimum absolute atomic E-state index is 0.102. The molecule has 0 aliphatic carbocycles. The van der Waals surface area contributed by atoms with Crippen molar-refractivity contribution in [2.75, 3.05) is 4.83 Å². The molecule has 0 fully saturated rings. The molecule has 0 unspecified atom stereocenters. The fraction of sp³-hybridized carbons (Fsp3) is 0. The van der Waals surface area contributed by atoms with E-state index in [4.69, 9.17) is 34.8 Å². The van der Waals surface area contributed by atoms with Gasteiger partial charge in [0.15, 0.2) is 0 Å². The molecule has 0 atom stereocenters. The number of benzene rings is 3. The zero-order valence-electron chi connectivity index (χ0n) is 15.3. The molecule has 0 amide bonds. The van der Waals surface area contributed by atoms with Crippen LogP contribution in [0.2, 0.25) is 15.1 Å². The van der Waals surface area contributed by atoms with Crippen molar-refractivity contribution in [2.45, 2.75) is 4.90 Å². The van der Waals surface area contributed by atoms with E-state index in [0.29, 0.717) is 32.0 Å². The lowest BCUT2D eigenvalue weighted by atomic mass is 10.1. The molecule has 9 heteroatoms. The predicted octanol–water partition coefficient (Wildman–Crippen LogP) is 6.11. The summed E-state index contributed by atoms with van der Waals surface area (Å²) in [6, 6.07) is 21.8. The molecule has 3 aromatic carbocycles. The van der Waals surface area contributed by atoms with Crippen molar-refractivity contribution in [1.29, 1.82) is 0 Å². The third kappa shape index (κ3) is 4.18. The van der Waals surface area contributed by atoms with Crippen molar-refractivity contribution in [3.8, 4) is 22.5 Å². The summed E-state index contributed by atoms with van der Waals surface area (Å²) >= 11 is 18.7. The Labute approximate surface area is 188 Å². The van der Waals surface area contributed by atoms with Gasteiger partial charge in [0.05, 0.1) is 26.3 Å². The summed E-state index contributed by atoms with van der Waals surface area (Å²) in [7, 11) is -3.90. The van der Waals surface area contributed by atoms with Crippen molar-refractivity contribution in [1.82, 2.24) is 9.89 Å². The highest BCUT2D eigenvalue weighted by atomic mass is 35.5. The Kier molecular flexibility index (Phi) is 5.75. The minimum Gasteiger partial charge on any atom is -0.200 e. The van der Waals surface area contributed by atoms with Crippen LogP contribution in [0.3, 0.4) is 0 Å². The van der Waals surface area contributed by atoms with Crippen molar-refractivity contribution in [2.24, 2.45) is 0 Å². The number of sulfonamides is 1. The van der Waals surface area contributed by atoms with E-state index in [1.54, 1.807) is 66.7 Å². The van der Waals surface area contributed by atoms with Crippen LogP contribution in [-0.4, -0.2) is 18.3 Å². The van der Waals surface area contributed by atoms with Crippen molar-refractivity contribution < 1.29 is 8.42 Å². The first kappa shape index (κ1) is 20.8. The van der Waals surface area contributed by atoms with Crippen molar-refractivity contribution >= 4 is 44.8 Å². The molecular formula is C21H14Cl3N3O2S. The zero-order chi connectivity index (χ0) is 21.3. The predicted molar refractivity (Wildman–Crippen MR) is 121 cm³/mol. The topological polar surface area (TPSA) is 64.0 Å². The first-order valence-electron chi connectivity index (χ1n) is 8.73. The number of rotatable bonds is 5. The summed E-state index contributed by atoms with van der Waals surface area (Å²) in [6.45, 7) is 0. The minimum atomic E-state index is -3.90. The molecule has 0 saturated carbocycles. The normalized spacial score (nSPS) is 11.4. The quantitative estimate of drug-likeness (QED) is 0.376. The van der Waals surface area contributed by atoms with Gasteiger partial charge in [-0.15, -0.1) is 0 Å². The van der Waals surface area contributed by atoms with Crippen LogP contribution in [0.1, 0.15) is 0 Å². The van der Waals surface area contributed by atoms with Crippen LogP contribution in [0.4, 0.5) is 0 Å². The molecule has 0 spiro atoms. The number of halogens is 3. The highest BCUT2D eigenvalue weighted by molar-refractivity contribution is 7.92. The molecule has 0 saturated heterocycles. The molecular weight excluding hydrogens is 465 g/mol. The van der Waals surface area contributed by atoms with Crippen LogP contribution in [-0.2, 0) is 10.0 Å². The number of hydrogen-bond acceptors (Lipinski definition) is 3. The number of hydrogen-bond donors (Lipinski definition) is 1. The molecule has 0 aliphatic rings. The molecule has 4 rings (SSSR count). The Morgan fingerprint density at radius 2 is 1.43 bits per heavy atom. The van der Waals surface area contributed by atoms with Crippen LogP contribution in [0.25, 0.3) is 22.5 Å². The second-order valence-electron chi connectivity index (χ2n) is 6.34.